The fourth-order valence-corrected chi connectivity index (χ4v) is 2.29. The summed E-state index contributed by atoms with van der Waals surface area (Å²) in [7, 11) is 0. The molecule has 0 unspecified atom stereocenters. The lowest BCUT2D eigenvalue weighted by molar-refractivity contribution is 0.290. The summed E-state index contributed by atoms with van der Waals surface area (Å²) in [5.74, 6) is 0.813. The lowest BCUT2D eigenvalue weighted by Crippen LogP contribution is -2.11. The summed E-state index contributed by atoms with van der Waals surface area (Å²) in [6, 6.07) is 13.6. The number of aromatic nitrogens is 4. The van der Waals surface area contributed by atoms with Crippen molar-refractivity contribution in [3.8, 4) is 23.1 Å². The molecule has 3 aromatic rings. The molecule has 0 saturated carbocycles. The van der Waals surface area contributed by atoms with Gasteiger partial charge in [-0.25, -0.2) is 4.68 Å². The SMILES string of the molecule is Cc1cccc(OCCn2nnc(C#N)c2-c2cccnc2)c1. The third kappa shape index (κ3) is 3.35. The number of hydrogen-bond acceptors (Lipinski definition) is 5. The van der Waals surface area contributed by atoms with Gasteiger partial charge in [-0.15, -0.1) is 5.10 Å². The van der Waals surface area contributed by atoms with Gasteiger partial charge in [-0.05, 0) is 36.8 Å². The Kier molecular flexibility index (Phi) is 4.29. The fraction of sp³-hybridized carbons (Fsp3) is 0.176. The molecule has 6 nitrogen and oxygen atoms in total. The molecule has 3 rings (SSSR count). The Bertz CT molecular complexity index is 836. The molecule has 0 N–H and O–H groups in total. The second-order valence-corrected chi connectivity index (χ2v) is 5.03. The second kappa shape index (κ2) is 6.71. The quantitative estimate of drug-likeness (QED) is 0.724. The molecule has 6 heteroatoms. The van der Waals surface area contributed by atoms with Gasteiger partial charge < -0.3 is 4.74 Å². The Hall–Kier alpha value is -3.20. The lowest BCUT2D eigenvalue weighted by atomic mass is 10.2. The highest BCUT2D eigenvalue weighted by Gasteiger charge is 2.14. The zero-order chi connectivity index (χ0) is 16.1. The standard InChI is InChI=1S/C17H15N5O/c1-13-4-2-6-15(10-13)23-9-8-22-17(16(11-18)20-21-22)14-5-3-7-19-12-14/h2-7,10,12H,8-9H2,1H3. The van der Waals surface area contributed by atoms with E-state index in [1.807, 2.05) is 43.3 Å². The number of pyridine rings is 1. The van der Waals surface area contributed by atoms with Crippen molar-refractivity contribution < 1.29 is 4.74 Å². The average Bonchev–Trinajstić information content (AvgIpc) is 2.99. The van der Waals surface area contributed by atoms with Crippen LogP contribution in [0.5, 0.6) is 5.75 Å². The summed E-state index contributed by atoms with van der Waals surface area (Å²) in [4.78, 5) is 4.09. The maximum absolute atomic E-state index is 9.21. The molecule has 0 amide bonds. The van der Waals surface area contributed by atoms with Crippen molar-refractivity contribution >= 4 is 0 Å². The van der Waals surface area contributed by atoms with Crippen molar-refractivity contribution in [2.45, 2.75) is 13.5 Å². The molecule has 23 heavy (non-hydrogen) atoms. The molecular formula is C17H15N5O. The number of benzene rings is 1. The molecule has 0 aliphatic heterocycles. The van der Waals surface area contributed by atoms with Crippen molar-refractivity contribution in [2.75, 3.05) is 6.61 Å². The van der Waals surface area contributed by atoms with E-state index in [-0.39, 0.29) is 5.69 Å². The number of aryl methyl sites for hydroxylation is 1. The van der Waals surface area contributed by atoms with Crippen LogP contribution in [0.1, 0.15) is 11.3 Å². The first kappa shape index (κ1) is 14.7. The van der Waals surface area contributed by atoms with Crippen LogP contribution in [0, 0.1) is 18.3 Å². The van der Waals surface area contributed by atoms with Crippen LogP contribution in [0.4, 0.5) is 0 Å². The van der Waals surface area contributed by atoms with E-state index in [1.54, 1.807) is 17.1 Å². The van der Waals surface area contributed by atoms with Crippen LogP contribution in [0.25, 0.3) is 11.3 Å². The highest BCUT2D eigenvalue weighted by Crippen LogP contribution is 2.20. The predicted octanol–water partition coefficient (Wildman–Crippen LogP) is 2.60. The van der Waals surface area contributed by atoms with Gasteiger partial charge in [0.1, 0.15) is 24.1 Å². The van der Waals surface area contributed by atoms with Crippen molar-refractivity contribution in [3.05, 3.63) is 60.0 Å². The fourth-order valence-electron chi connectivity index (χ4n) is 2.29. The van der Waals surface area contributed by atoms with Gasteiger partial charge in [0.2, 0.25) is 0 Å². The van der Waals surface area contributed by atoms with Gasteiger partial charge >= 0.3 is 0 Å². The Morgan fingerprint density at radius 2 is 2.17 bits per heavy atom. The zero-order valence-electron chi connectivity index (χ0n) is 12.7. The van der Waals surface area contributed by atoms with Gasteiger partial charge in [0.05, 0.1) is 6.54 Å². The average molecular weight is 305 g/mol. The van der Waals surface area contributed by atoms with Crippen molar-refractivity contribution in [1.29, 1.82) is 5.26 Å². The van der Waals surface area contributed by atoms with Gasteiger partial charge in [-0.2, -0.15) is 5.26 Å². The van der Waals surface area contributed by atoms with E-state index in [1.165, 1.54) is 0 Å². The Morgan fingerprint density at radius 1 is 1.26 bits per heavy atom. The van der Waals surface area contributed by atoms with Crippen LogP contribution >= 0.6 is 0 Å². The van der Waals surface area contributed by atoms with Crippen LogP contribution in [-0.4, -0.2) is 26.6 Å². The number of ether oxygens (including phenoxy) is 1. The maximum Gasteiger partial charge on any atom is 0.190 e. The lowest BCUT2D eigenvalue weighted by Gasteiger charge is -2.09. The maximum atomic E-state index is 9.21. The van der Waals surface area contributed by atoms with Gasteiger partial charge in [0, 0.05) is 18.0 Å². The highest BCUT2D eigenvalue weighted by molar-refractivity contribution is 5.63. The highest BCUT2D eigenvalue weighted by atomic mass is 16.5. The van der Waals surface area contributed by atoms with E-state index in [9.17, 15) is 5.26 Å². The molecule has 0 fully saturated rings. The summed E-state index contributed by atoms with van der Waals surface area (Å²) >= 11 is 0. The van der Waals surface area contributed by atoms with Gasteiger partial charge in [0.15, 0.2) is 5.69 Å². The molecule has 114 valence electrons. The summed E-state index contributed by atoms with van der Waals surface area (Å²) < 4.78 is 7.41. The first-order valence-electron chi connectivity index (χ1n) is 7.21. The smallest absolute Gasteiger partial charge is 0.190 e. The number of hydrogen-bond donors (Lipinski definition) is 0. The third-order valence-corrected chi connectivity index (χ3v) is 3.34. The summed E-state index contributed by atoms with van der Waals surface area (Å²) in [5.41, 5.74) is 2.90. The summed E-state index contributed by atoms with van der Waals surface area (Å²) in [6.45, 7) is 2.95. The molecule has 0 aliphatic carbocycles. The van der Waals surface area contributed by atoms with E-state index >= 15 is 0 Å². The van der Waals surface area contributed by atoms with Gasteiger partial charge in [0.25, 0.3) is 0 Å². The van der Waals surface area contributed by atoms with Crippen molar-refractivity contribution in [2.24, 2.45) is 0 Å². The van der Waals surface area contributed by atoms with Gasteiger partial charge in [-0.3, -0.25) is 4.98 Å². The molecule has 0 atom stereocenters. The van der Waals surface area contributed by atoms with Crippen LogP contribution in [-0.2, 0) is 6.54 Å². The number of nitriles is 1. The molecule has 2 aromatic heterocycles. The molecule has 0 radical (unpaired) electrons. The molecular weight excluding hydrogens is 290 g/mol. The van der Waals surface area contributed by atoms with E-state index < -0.39 is 0 Å². The molecule has 0 saturated heterocycles. The van der Waals surface area contributed by atoms with E-state index in [0.717, 1.165) is 16.9 Å². The van der Waals surface area contributed by atoms with Crippen LogP contribution in [0.2, 0.25) is 0 Å². The molecule has 2 heterocycles. The van der Waals surface area contributed by atoms with E-state index in [0.29, 0.717) is 18.8 Å². The van der Waals surface area contributed by atoms with E-state index in [2.05, 4.69) is 21.4 Å². The van der Waals surface area contributed by atoms with E-state index in [4.69, 9.17) is 4.74 Å². The minimum absolute atomic E-state index is 0.286. The summed E-state index contributed by atoms with van der Waals surface area (Å²) in [6.07, 6.45) is 3.38. The first-order valence-corrected chi connectivity index (χ1v) is 7.21. The zero-order valence-corrected chi connectivity index (χ0v) is 12.7. The minimum Gasteiger partial charge on any atom is -0.492 e. The Morgan fingerprint density at radius 3 is 2.91 bits per heavy atom. The normalized spacial score (nSPS) is 10.3. The largest absolute Gasteiger partial charge is 0.492 e. The topological polar surface area (TPSA) is 76.6 Å². The molecule has 1 aromatic carbocycles. The van der Waals surface area contributed by atoms with Gasteiger partial charge in [-0.1, -0.05) is 17.3 Å². The number of nitrogens with zero attached hydrogens (tertiary/aromatic N) is 5. The molecule has 0 aliphatic rings. The Balaban J connectivity index is 1.76. The number of rotatable bonds is 5. The second-order valence-electron chi connectivity index (χ2n) is 5.03. The van der Waals surface area contributed by atoms with Crippen LogP contribution in [0.3, 0.4) is 0 Å². The van der Waals surface area contributed by atoms with Crippen molar-refractivity contribution in [3.63, 3.8) is 0 Å². The Labute approximate surface area is 134 Å². The monoisotopic (exact) mass is 305 g/mol. The van der Waals surface area contributed by atoms with Crippen LogP contribution in [0.15, 0.2) is 48.8 Å². The third-order valence-electron chi connectivity index (χ3n) is 3.34. The minimum atomic E-state index is 0.286. The first-order chi connectivity index (χ1) is 11.3. The molecule has 0 spiro atoms. The molecule has 0 bridgehead atoms. The van der Waals surface area contributed by atoms with Crippen molar-refractivity contribution in [1.82, 2.24) is 20.0 Å². The predicted molar refractivity (Wildman–Crippen MR) is 84.6 cm³/mol. The summed E-state index contributed by atoms with van der Waals surface area (Å²) in [5, 5.41) is 17.2. The van der Waals surface area contributed by atoms with Crippen LogP contribution < -0.4 is 4.74 Å².